The summed E-state index contributed by atoms with van der Waals surface area (Å²) in [6.07, 6.45) is 0. The molecular formula is C21H21ClN4O2. The third kappa shape index (κ3) is 3.82. The van der Waals surface area contributed by atoms with Gasteiger partial charge in [-0.25, -0.2) is 4.98 Å². The lowest BCUT2D eigenvalue weighted by molar-refractivity contribution is 0.0794. The van der Waals surface area contributed by atoms with Crippen molar-refractivity contribution < 1.29 is 9.53 Å². The molecule has 2 aromatic carbocycles. The van der Waals surface area contributed by atoms with Crippen LogP contribution in [0.15, 0.2) is 54.6 Å². The summed E-state index contributed by atoms with van der Waals surface area (Å²) in [6, 6.07) is 17.2. The normalized spacial score (nSPS) is 13.6. The highest BCUT2D eigenvalue weighted by Gasteiger charge is 2.28. The number of hydrogen-bond acceptors (Lipinski definition) is 4. The number of anilines is 1. The Morgan fingerprint density at radius 3 is 2.64 bits per heavy atom. The summed E-state index contributed by atoms with van der Waals surface area (Å²) in [5.74, 6) is 1.96. The third-order valence-corrected chi connectivity index (χ3v) is 4.95. The second-order valence-corrected chi connectivity index (χ2v) is 7.13. The monoisotopic (exact) mass is 396 g/mol. The van der Waals surface area contributed by atoms with Gasteiger partial charge in [0.25, 0.3) is 5.91 Å². The zero-order valence-electron chi connectivity index (χ0n) is 15.6. The first-order valence-corrected chi connectivity index (χ1v) is 9.50. The fourth-order valence-corrected chi connectivity index (χ4v) is 3.31. The first kappa shape index (κ1) is 18.4. The van der Waals surface area contributed by atoms with Crippen LogP contribution >= 0.6 is 11.6 Å². The first-order chi connectivity index (χ1) is 13.6. The summed E-state index contributed by atoms with van der Waals surface area (Å²) < 4.78 is 7.84. The van der Waals surface area contributed by atoms with Crippen molar-refractivity contribution in [2.24, 2.45) is 0 Å². The van der Waals surface area contributed by atoms with Crippen LogP contribution in [-0.2, 0) is 13.2 Å². The molecule has 1 aliphatic rings. The first-order valence-electron chi connectivity index (χ1n) is 9.13. The molecular weight excluding hydrogens is 376 g/mol. The molecule has 0 spiro atoms. The number of amides is 1. The molecule has 0 unspecified atom stereocenters. The molecule has 0 saturated heterocycles. The maximum atomic E-state index is 12.9. The van der Waals surface area contributed by atoms with Crippen LogP contribution in [-0.4, -0.2) is 40.5 Å². The van der Waals surface area contributed by atoms with Crippen molar-refractivity contribution in [1.29, 1.82) is 0 Å². The summed E-state index contributed by atoms with van der Waals surface area (Å²) in [7, 11) is 1.81. The Bertz CT molecular complexity index is 970. The van der Waals surface area contributed by atoms with E-state index >= 15 is 0 Å². The van der Waals surface area contributed by atoms with E-state index in [1.54, 1.807) is 17.0 Å². The topological polar surface area (TPSA) is 59.4 Å². The van der Waals surface area contributed by atoms with Gasteiger partial charge in [0.2, 0.25) is 0 Å². The molecule has 1 amide bonds. The minimum atomic E-state index is -0.0406. The van der Waals surface area contributed by atoms with Crippen molar-refractivity contribution >= 4 is 23.3 Å². The van der Waals surface area contributed by atoms with E-state index in [-0.39, 0.29) is 12.5 Å². The SMILES string of the molecule is CN1CCNc2nc(COc3ccc(Cl)cc3)n(Cc3ccccc3)c2C1=O. The molecule has 0 atom stereocenters. The van der Waals surface area contributed by atoms with Gasteiger partial charge >= 0.3 is 0 Å². The number of fused-ring (bicyclic) bond motifs is 1. The highest BCUT2D eigenvalue weighted by Crippen LogP contribution is 2.24. The molecule has 0 fully saturated rings. The zero-order chi connectivity index (χ0) is 19.5. The van der Waals surface area contributed by atoms with Crippen LogP contribution in [0.2, 0.25) is 5.02 Å². The van der Waals surface area contributed by atoms with Gasteiger partial charge in [-0.15, -0.1) is 0 Å². The summed E-state index contributed by atoms with van der Waals surface area (Å²) in [5, 5.41) is 3.93. The van der Waals surface area contributed by atoms with E-state index in [1.807, 2.05) is 54.1 Å². The summed E-state index contributed by atoms with van der Waals surface area (Å²) in [4.78, 5) is 19.3. The van der Waals surface area contributed by atoms with E-state index in [9.17, 15) is 4.79 Å². The summed E-state index contributed by atoms with van der Waals surface area (Å²) in [6.45, 7) is 2.09. The van der Waals surface area contributed by atoms with Gasteiger partial charge < -0.3 is 19.5 Å². The van der Waals surface area contributed by atoms with Crippen LogP contribution in [0.3, 0.4) is 0 Å². The molecule has 0 saturated carbocycles. The van der Waals surface area contributed by atoms with Gasteiger partial charge in [0.15, 0.2) is 11.5 Å². The van der Waals surface area contributed by atoms with Crippen molar-refractivity contribution in [3.8, 4) is 5.75 Å². The Morgan fingerprint density at radius 1 is 1.14 bits per heavy atom. The average molecular weight is 397 g/mol. The number of carbonyl (C=O) groups excluding carboxylic acids is 1. The largest absolute Gasteiger partial charge is 0.486 e. The lowest BCUT2D eigenvalue weighted by Gasteiger charge is -2.16. The number of nitrogens with one attached hydrogen (secondary N) is 1. The van der Waals surface area contributed by atoms with Gasteiger partial charge in [-0.3, -0.25) is 4.79 Å². The number of nitrogens with zero attached hydrogens (tertiary/aromatic N) is 3. The minimum Gasteiger partial charge on any atom is -0.486 e. The summed E-state index contributed by atoms with van der Waals surface area (Å²) >= 11 is 5.94. The lowest BCUT2D eigenvalue weighted by Crippen LogP contribution is -2.30. The van der Waals surface area contributed by atoms with Gasteiger partial charge in [-0.05, 0) is 29.8 Å². The molecule has 0 radical (unpaired) electrons. The quantitative estimate of drug-likeness (QED) is 0.715. The molecule has 1 aliphatic heterocycles. The van der Waals surface area contributed by atoms with Crippen molar-refractivity contribution in [1.82, 2.24) is 14.5 Å². The summed E-state index contributed by atoms with van der Waals surface area (Å²) in [5.41, 5.74) is 1.66. The maximum absolute atomic E-state index is 12.9. The third-order valence-electron chi connectivity index (χ3n) is 4.70. The predicted octanol–water partition coefficient (Wildman–Crippen LogP) is 3.66. The number of carbonyl (C=O) groups is 1. The maximum Gasteiger partial charge on any atom is 0.274 e. The van der Waals surface area contributed by atoms with Crippen LogP contribution in [0, 0.1) is 0 Å². The molecule has 2 heterocycles. The number of ether oxygens (including phenoxy) is 1. The lowest BCUT2D eigenvalue weighted by atomic mass is 10.2. The van der Waals surface area contributed by atoms with Gasteiger partial charge in [-0.2, -0.15) is 0 Å². The van der Waals surface area contributed by atoms with Crippen LogP contribution in [0.25, 0.3) is 0 Å². The Labute approximate surface area is 168 Å². The molecule has 144 valence electrons. The molecule has 7 heteroatoms. The molecule has 0 bridgehead atoms. The fraction of sp³-hybridized carbons (Fsp3) is 0.238. The Balaban J connectivity index is 1.68. The van der Waals surface area contributed by atoms with Crippen LogP contribution in [0.5, 0.6) is 5.75 Å². The van der Waals surface area contributed by atoms with Crippen molar-refractivity contribution in [2.75, 3.05) is 25.5 Å². The Morgan fingerprint density at radius 2 is 1.89 bits per heavy atom. The molecule has 1 N–H and O–H groups in total. The molecule has 28 heavy (non-hydrogen) atoms. The van der Waals surface area contributed by atoms with Crippen LogP contribution in [0.1, 0.15) is 21.9 Å². The molecule has 6 nitrogen and oxygen atoms in total. The van der Waals surface area contributed by atoms with Gasteiger partial charge in [-0.1, -0.05) is 41.9 Å². The Kier molecular flexibility index (Phi) is 5.21. The van der Waals surface area contributed by atoms with Crippen molar-refractivity contribution in [3.63, 3.8) is 0 Å². The second-order valence-electron chi connectivity index (χ2n) is 6.69. The van der Waals surface area contributed by atoms with Crippen molar-refractivity contribution in [3.05, 3.63) is 76.7 Å². The van der Waals surface area contributed by atoms with Gasteiger partial charge in [0.05, 0.1) is 0 Å². The van der Waals surface area contributed by atoms with Gasteiger partial charge in [0, 0.05) is 31.7 Å². The van der Waals surface area contributed by atoms with E-state index in [2.05, 4.69) is 10.3 Å². The zero-order valence-corrected chi connectivity index (χ0v) is 16.3. The highest BCUT2D eigenvalue weighted by atomic mass is 35.5. The number of aromatic nitrogens is 2. The standard InChI is InChI=1S/C21H21ClN4O2/c1-25-12-11-23-20-19(21(25)27)26(13-15-5-3-2-4-6-15)18(24-20)14-28-17-9-7-16(22)8-10-17/h2-10,23H,11-14H2,1H3. The van der Waals surface area contributed by atoms with E-state index < -0.39 is 0 Å². The van der Waals surface area contributed by atoms with E-state index in [0.717, 1.165) is 5.56 Å². The Hall–Kier alpha value is -2.99. The second kappa shape index (κ2) is 7.94. The van der Waals surface area contributed by atoms with Crippen LogP contribution < -0.4 is 10.1 Å². The number of rotatable bonds is 5. The number of hydrogen-bond donors (Lipinski definition) is 1. The van der Waals surface area contributed by atoms with E-state index in [4.69, 9.17) is 16.3 Å². The number of imidazole rings is 1. The van der Waals surface area contributed by atoms with E-state index in [1.165, 1.54) is 0 Å². The average Bonchev–Trinajstić information content (AvgIpc) is 2.97. The number of benzene rings is 2. The highest BCUT2D eigenvalue weighted by molar-refractivity contribution is 6.30. The number of likely N-dealkylation sites (N-methyl/N-ethyl adjacent to an activating group) is 1. The smallest absolute Gasteiger partial charge is 0.274 e. The molecule has 1 aromatic heterocycles. The van der Waals surface area contributed by atoms with Crippen LogP contribution in [0.4, 0.5) is 5.82 Å². The predicted molar refractivity (Wildman–Crippen MR) is 109 cm³/mol. The van der Waals surface area contributed by atoms with E-state index in [0.29, 0.717) is 47.7 Å². The molecule has 0 aliphatic carbocycles. The fourth-order valence-electron chi connectivity index (χ4n) is 3.19. The minimum absolute atomic E-state index is 0.0406. The number of halogens is 1. The van der Waals surface area contributed by atoms with Gasteiger partial charge in [0.1, 0.15) is 18.2 Å². The molecule has 4 rings (SSSR count). The van der Waals surface area contributed by atoms with Crippen molar-refractivity contribution in [2.45, 2.75) is 13.2 Å². The molecule has 3 aromatic rings.